The van der Waals surface area contributed by atoms with E-state index < -0.39 is 0 Å². The average molecular weight is 1200 g/mol. The van der Waals surface area contributed by atoms with E-state index in [9.17, 15) is 0 Å². The van der Waals surface area contributed by atoms with E-state index in [0.29, 0.717) is 11.9 Å². The van der Waals surface area contributed by atoms with Crippen molar-refractivity contribution in [2.45, 2.75) is 33.6 Å². The molecule has 8 nitrogen and oxygen atoms in total. The smallest absolute Gasteiger partial charge is 0.235 e. The summed E-state index contributed by atoms with van der Waals surface area (Å²) < 4.78 is 9.43. The van der Waals surface area contributed by atoms with Crippen LogP contribution in [0.15, 0.2) is 297 Å². The number of hydrogen-bond donors (Lipinski definition) is 0. The van der Waals surface area contributed by atoms with Crippen LogP contribution in [0.4, 0.5) is 0 Å². The lowest BCUT2D eigenvalue weighted by Gasteiger charge is -2.14. The number of aromatic nitrogens is 8. The molecule has 0 atom stereocenters. The van der Waals surface area contributed by atoms with Crippen molar-refractivity contribution in [1.29, 1.82) is 0 Å². The Morgan fingerprint density at radius 1 is 0.258 bits per heavy atom. The van der Waals surface area contributed by atoms with Crippen LogP contribution in [0.1, 0.15) is 30.5 Å². The van der Waals surface area contributed by atoms with E-state index in [4.69, 9.17) is 19.9 Å². The van der Waals surface area contributed by atoms with Crippen molar-refractivity contribution < 1.29 is 0 Å². The van der Waals surface area contributed by atoms with Crippen molar-refractivity contribution in [3.05, 3.63) is 314 Å². The van der Waals surface area contributed by atoms with Gasteiger partial charge in [-0.05, 0) is 115 Å². The molecule has 8 heteroatoms. The van der Waals surface area contributed by atoms with Crippen LogP contribution < -0.4 is 0 Å². The van der Waals surface area contributed by atoms with Gasteiger partial charge in [-0.2, -0.15) is 0 Å². The third-order valence-electron chi connectivity index (χ3n) is 18.5. The number of hydrogen-bond acceptors (Lipinski definition) is 4. The quantitative estimate of drug-likeness (QED) is 0.137. The second-order valence-corrected chi connectivity index (χ2v) is 24.0. The number of para-hydroxylation sites is 4. The van der Waals surface area contributed by atoms with Gasteiger partial charge in [-0.25, -0.2) is 19.9 Å². The Bertz CT molecular complexity index is 5750. The molecule has 6 heterocycles. The van der Waals surface area contributed by atoms with Gasteiger partial charge in [0, 0.05) is 76.7 Å². The number of nitrogens with zero attached hydrogens (tertiary/aromatic N) is 8. The molecule has 0 bridgehead atoms. The highest BCUT2D eigenvalue weighted by Crippen LogP contribution is 2.45. The Balaban J connectivity index is 0.000000142. The number of benzene rings is 12. The van der Waals surface area contributed by atoms with Crippen LogP contribution in [0.5, 0.6) is 0 Å². The summed E-state index contributed by atoms with van der Waals surface area (Å²) in [5, 5.41) is 9.72. The predicted molar refractivity (Wildman–Crippen MR) is 387 cm³/mol. The fraction of sp³-hybridized carbons (Fsp3) is 0.0588. The van der Waals surface area contributed by atoms with Crippen LogP contribution >= 0.6 is 0 Å². The minimum absolute atomic E-state index is 0.651. The molecule has 0 spiro atoms. The topological polar surface area (TPSA) is 71.3 Å². The van der Waals surface area contributed by atoms with Crippen molar-refractivity contribution in [2.75, 3.05) is 0 Å². The van der Waals surface area contributed by atoms with E-state index in [1.165, 1.54) is 70.8 Å². The Morgan fingerprint density at radius 2 is 0.591 bits per heavy atom. The maximum Gasteiger partial charge on any atom is 0.235 e. The molecule has 0 fully saturated rings. The van der Waals surface area contributed by atoms with Gasteiger partial charge in [0.1, 0.15) is 0 Å². The molecule has 0 saturated carbocycles. The highest BCUT2D eigenvalue weighted by molar-refractivity contribution is 6.26. The molecule has 0 aliphatic heterocycles. The maximum absolute atomic E-state index is 5.35. The molecule has 0 N–H and O–H groups in total. The lowest BCUT2D eigenvalue weighted by atomic mass is 10.0. The van der Waals surface area contributed by atoms with Crippen LogP contribution in [0.25, 0.3) is 156 Å². The van der Waals surface area contributed by atoms with Crippen molar-refractivity contribution in [2.24, 2.45) is 0 Å². The molecule has 12 aromatic carbocycles. The molecule has 0 amide bonds. The summed E-state index contributed by atoms with van der Waals surface area (Å²) in [6.45, 7) is 6.67. The Morgan fingerprint density at radius 3 is 1.02 bits per heavy atom. The van der Waals surface area contributed by atoms with E-state index in [0.717, 1.165) is 102 Å². The lowest BCUT2D eigenvalue weighted by Crippen LogP contribution is -2.05. The summed E-state index contributed by atoms with van der Waals surface area (Å²) in [6, 6.07) is 105. The third kappa shape index (κ3) is 9.28. The second-order valence-electron chi connectivity index (χ2n) is 24.0. The molecule has 0 aliphatic carbocycles. The van der Waals surface area contributed by atoms with Gasteiger partial charge in [0.05, 0.1) is 66.9 Å². The predicted octanol–water partition coefficient (Wildman–Crippen LogP) is 21.4. The Hall–Kier alpha value is -12.0. The Kier molecular flexibility index (Phi) is 13.5. The number of rotatable bonds is 10. The van der Waals surface area contributed by atoms with Crippen LogP contribution in [-0.4, -0.2) is 38.2 Å². The van der Waals surface area contributed by atoms with E-state index in [2.05, 4.69) is 312 Å². The van der Waals surface area contributed by atoms with Crippen LogP contribution in [-0.2, 0) is 12.8 Å². The first-order valence-corrected chi connectivity index (χ1v) is 32.1. The first-order chi connectivity index (χ1) is 46.0. The van der Waals surface area contributed by atoms with Crippen molar-refractivity contribution >= 4 is 87.2 Å². The first kappa shape index (κ1) is 55.1. The molecule has 18 aromatic rings. The zero-order chi connectivity index (χ0) is 62.1. The summed E-state index contributed by atoms with van der Waals surface area (Å²) >= 11 is 0. The van der Waals surface area contributed by atoms with E-state index >= 15 is 0 Å². The molecule has 0 radical (unpaired) electrons. The zero-order valence-electron chi connectivity index (χ0n) is 51.8. The Labute approximate surface area is 538 Å². The number of aryl methyl sites for hydroxylation is 3. The van der Waals surface area contributed by atoms with Gasteiger partial charge in [0.2, 0.25) is 11.9 Å². The second kappa shape index (κ2) is 22.8. The monoisotopic (exact) mass is 1190 g/mol. The molecule has 18 rings (SSSR count). The minimum atomic E-state index is 0.651. The summed E-state index contributed by atoms with van der Waals surface area (Å²) in [5.41, 5.74) is 23.0. The molecule has 93 heavy (non-hydrogen) atoms. The SMILES string of the molecule is CCc1ccc2c(c1)c1ccc3c4cc(CC)ccc4n(-c4nc(-c5ccccc5)cc(-c5ccccc5)n4)c3c1n2-c1ccccc1.Cc1cc2c3ccccc3n(-c3ccccc3)c2c2c1c1ccccc1n2-c1nc(-c2ccccc2)cc(-c2ccccc2)n1. The third-order valence-corrected chi connectivity index (χ3v) is 18.5. The molecular weight excluding hydrogens is 1130 g/mol. The van der Waals surface area contributed by atoms with Gasteiger partial charge in [-0.15, -0.1) is 0 Å². The van der Waals surface area contributed by atoms with Gasteiger partial charge in [-0.3, -0.25) is 9.13 Å². The highest BCUT2D eigenvalue weighted by atomic mass is 15.2. The molecular formula is C85H62N8. The largest absolute Gasteiger partial charge is 0.307 e. The highest BCUT2D eigenvalue weighted by Gasteiger charge is 2.27. The van der Waals surface area contributed by atoms with Crippen LogP contribution in [0, 0.1) is 6.92 Å². The van der Waals surface area contributed by atoms with Gasteiger partial charge < -0.3 is 9.13 Å². The zero-order valence-corrected chi connectivity index (χ0v) is 51.8. The normalized spacial score (nSPS) is 11.7. The van der Waals surface area contributed by atoms with Crippen molar-refractivity contribution in [1.82, 2.24) is 38.2 Å². The fourth-order valence-corrected chi connectivity index (χ4v) is 14.1. The molecule has 6 aromatic heterocycles. The number of fused-ring (bicyclic) bond motifs is 14. The fourth-order valence-electron chi connectivity index (χ4n) is 14.1. The van der Waals surface area contributed by atoms with E-state index in [-0.39, 0.29) is 0 Å². The first-order valence-electron chi connectivity index (χ1n) is 32.1. The summed E-state index contributed by atoms with van der Waals surface area (Å²) in [6.07, 6.45) is 1.95. The van der Waals surface area contributed by atoms with Crippen LogP contribution in [0.2, 0.25) is 0 Å². The van der Waals surface area contributed by atoms with Gasteiger partial charge in [0.25, 0.3) is 0 Å². The summed E-state index contributed by atoms with van der Waals surface area (Å²) in [5.74, 6) is 1.31. The van der Waals surface area contributed by atoms with Crippen molar-refractivity contribution in [3.63, 3.8) is 0 Å². The maximum atomic E-state index is 5.35. The molecule has 442 valence electrons. The minimum Gasteiger partial charge on any atom is -0.307 e. The molecule has 0 unspecified atom stereocenters. The van der Waals surface area contributed by atoms with Crippen molar-refractivity contribution in [3.8, 4) is 68.3 Å². The van der Waals surface area contributed by atoms with Gasteiger partial charge in [0.15, 0.2) is 0 Å². The van der Waals surface area contributed by atoms with E-state index in [1.807, 2.05) is 24.3 Å². The van der Waals surface area contributed by atoms with Crippen LogP contribution in [0.3, 0.4) is 0 Å². The lowest BCUT2D eigenvalue weighted by molar-refractivity contribution is 0.994. The van der Waals surface area contributed by atoms with Gasteiger partial charge >= 0.3 is 0 Å². The summed E-state index contributed by atoms with van der Waals surface area (Å²) in [4.78, 5) is 21.3. The average Bonchev–Trinajstić information content (AvgIpc) is 1.56. The van der Waals surface area contributed by atoms with E-state index in [1.54, 1.807) is 0 Å². The summed E-state index contributed by atoms with van der Waals surface area (Å²) in [7, 11) is 0. The molecule has 0 saturated heterocycles. The van der Waals surface area contributed by atoms with Gasteiger partial charge in [-0.1, -0.05) is 232 Å². The molecule has 0 aliphatic rings. The standard InChI is InChI=1S/C44H34N4.C41H28N4/c1-3-29-20-24-40-36(26-29)34-22-23-35-37-27-30(4-2)21-25-41(37)48(43(35)42(34)47(40)33-18-12-7-13-19-33)44-45-38(31-14-8-5-9-15-31)28-39(46-44)32-16-10-6-11-17-32;1-27-25-33-31-21-11-13-23-36(31)44(30-19-9-4-10-20-30)39(33)40-38(27)32-22-12-14-24-37(32)45(40)41-42-34(28-15-5-2-6-16-28)26-35(43-41)29-17-7-3-8-18-29/h5-28H,3-4H2,1-2H3;2-26H,1H3.